The lowest BCUT2D eigenvalue weighted by atomic mass is 9.97. The Balaban J connectivity index is 1.53. The van der Waals surface area contributed by atoms with E-state index >= 15 is 0 Å². The highest BCUT2D eigenvalue weighted by atomic mass is 16.5. The maximum atomic E-state index is 8.80. The Bertz CT molecular complexity index is 656. The zero-order valence-corrected chi connectivity index (χ0v) is 12.7. The molecular weight excluding hydrogens is 276 g/mol. The van der Waals surface area contributed by atoms with Crippen LogP contribution in [0.25, 0.3) is 0 Å². The van der Waals surface area contributed by atoms with E-state index < -0.39 is 0 Å². The minimum Gasteiger partial charge on any atom is -0.373 e. The molecule has 22 heavy (non-hydrogen) atoms. The van der Waals surface area contributed by atoms with Gasteiger partial charge in [-0.15, -0.1) is 0 Å². The van der Waals surface area contributed by atoms with Crippen LogP contribution in [0, 0.1) is 17.2 Å². The highest BCUT2D eigenvalue weighted by Crippen LogP contribution is 2.33. The first kappa shape index (κ1) is 14.8. The van der Waals surface area contributed by atoms with Crippen molar-refractivity contribution >= 4 is 0 Å². The predicted molar refractivity (Wildman–Crippen MR) is 82.9 cm³/mol. The van der Waals surface area contributed by atoms with Gasteiger partial charge in [0.05, 0.1) is 23.9 Å². The fourth-order valence-corrected chi connectivity index (χ4v) is 2.90. The number of ether oxygens (including phenoxy) is 1. The van der Waals surface area contributed by atoms with Crippen LogP contribution in [0.4, 0.5) is 0 Å². The molecule has 5 nitrogen and oxygen atoms in total. The Morgan fingerprint density at radius 1 is 1.41 bits per heavy atom. The molecule has 0 unspecified atom stereocenters. The maximum absolute atomic E-state index is 8.80. The van der Waals surface area contributed by atoms with Crippen molar-refractivity contribution in [2.75, 3.05) is 13.2 Å². The molecule has 0 radical (unpaired) electrons. The molecule has 2 aromatic rings. The largest absolute Gasteiger partial charge is 0.373 e. The summed E-state index contributed by atoms with van der Waals surface area (Å²) in [5.41, 5.74) is 3.05. The lowest BCUT2D eigenvalue weighted by molar-refractivity contribution is 0.0904. The predicted octanol–water partition coefficient (Wildman–Crippen LogP) is 2.16. The van der Waals surface area contributed by atoms with Gasteiger partial charge >= 0.3 is 0 Å². The van der Waals surface area contributed by atoms with Crippen LogP contribution >= 0.6 is 0 Å². The van der Waals surface area contributed by atoms with Crippen LogP contribution in [-0.4, -0.2) is 22.9 Å². The Labute approximate surface area is 130 Å². The number of hydrogen-bond acceptors (Lipinski definition) is 4. The molecule has 1 aromatic heterocycles. The van der Waals surface area contributed by atoms with E-state index in [2.05, 4.69) is 16.5 Å². The molecule has 0 saturated carbocycles. The van der Waals surface area contributed by atoms with E-state index in [1.165, 1.54) is 5.56 Å². The summed E-state index contributed by atoms with van der Waals surface area (Å²) >= 11 is 0. The molecule has 0 bridgehead atoms. The molecule has 1 fully saturated rings. The van der Waals surface area contributed by atoms with E-state index in [0.717, 1.165) is 31.7 Å². The molecular formula is C17H20N4O. The van der Waals surface area contributed by atoms with Crippen LogP contribution < -0.4 is 5.32 Å². The smallest absolute Gasteiger partial charge is 0.0991 e. The molecule has 1 N–H and O–H groups in total. The Morgan fingerprint density at radius 2 is 2.23 bits per heavy atom. The number of aryl methyl sites for hydroxylation is 1. The second-order valence-corrected chi connectivity index (χ2v) is 5.73. The quantitative estimate of drug-likeness (QED) is 0.918. The van der Waals surface area contributed by atoms with Crippen LogP contribution in [0.1, 0.15) is 29.2 Å². The van der Waals surface area contributed by atoms with E-state index in [1.54, 1.807) is 0 Å². The zero-order chi connectivity index (χ0) is 15.4. The summed E-state index contributed by atoms with van der Waals surface area (Å²) in [6.45, 7) is 2.53. The van der Waals surface area contributed by atoms with E-state index in [1.807, 2.05) is 48.4 Å². The number of hydrogen-bond donors (Lipinski definition) is 1. The molecule has 0 spiro atoms. The SMILES string of the molecule is Cn1cc([C@H]2OCC[C@H]2CNCc2ccc(C#N)cc2)cn1. The lowest BCUT2D eigenvalue weighted by Gasteiger charge is -2.17. The topological polar surface area (TPSA) is 62.9 Å². The fourth-order valence-electron chi connectivity index (χ4n) is 2.90. The first-order valence-corrected chi connectivity index (χ1v) is 7.56. The number of nitrogens with zero attached hydrogens (tertiary/aromatic N) is 3. The second-order valence-electron chi connectivity index (χ2n) is 5.73. The number of aromatic nitrogens is 2. The second kappa shape index (κ2) is 6.73. The van der Waals surface area contributed by atoms with Crippen molar-refractivity contribution < 1.29 is 4.74 Å². The van der Waals surface area contributed by atoms with Crippen LogP contribution in [0.2, 0.25) is 0 Å². The van der Waals surface area contributed by atoms with Gasteiger partial charge in [0.25, 0.3) is 0 Å². The minimum atomic E-state index is 0.141. The van der Waals surface area contributed by atoms with Crippen molar-refractivity contribution in [1.82, 2.24) is 15.1 Å². The molecule has 1 aromatic carbocycles. The van der Waals surface area contributed by atoms with Gasteiger partial charge < -0.3 is 10.1 Å². The minimum absolute atomic E-state index is 0.141. The zero-order valence-electron chi connectivity index (χ0n) is 12.7. The maximum Gasteiger partial charge on any atom is 0.0991 e. The lowest BCUT2D eigenvalue weighted by Crippen LogP contribution is -2.24. The van der Waals surface area contributed by atoms with Crippen LogP contribution in [0.5, 0.6) is 0 Å². The summed E-state index contributed by atoms with van der Waals surface area (Å²) in [6.07, 6.45) is 5.13. The number of nitriles is 1. The average Bonchev–Trinajstić information content (AvgIpc) is 3.16. The van der Waals surface area contributed by atoms with E-state index in [9.17, 15) is 0 Å². The van der Waals surface area contributed by atoms with Crippen molar-refractivity contribution in [3.05, 3.63) is 53.3 Å². The van der Waals surface area contributed by atoms with E-state index in [4.69, 9.17) is 10.00 Å². The first-order chi connectivity index (χ1) is 10.8. The van der Waals surface area contributed by atoms with Crippen molar-refractivity contribution in [3.63, 3.8) is 0 Å². The third kappa shape index (κ3) is 3.35. The van der Waals surface area contributed by atoms with Gasteiger partial charge in [-0.2, -0.15) is 10.4 Å². The summed E-state index contributed by atoms with van der Waals surface area (Å²) in [5, 5.41) is 16.5. The standard InChI is InChI=1S/C17H20N4O/c1-21-12-16(11-20-21)17-15(6-7-22-17)10-19-9-14-4-2-13(8-18)3-5-14/h2-5,11-12,15,17,19H,6-7,9-10H2,1H3/t15-,17-/m0/s1. The Morgan fingerprint density at radius 3 is 2.91 bits per heavy atom. The number of benzene rings is 1. The molecule has 1 saturated heterocycles. The molecule has 1 aliphatic heterocycles. The summed E-state index contributed by atoms with van der Waals surface area (Å²) < 4.78 is 7.69. The molecule has 3 rings (SSSR count). The van der Waals surface area contributed by atoms with Gasteiger partial charge in [0.2, 0.25) is 0 Å². The Hall–Kier alpha value is -2.16. The summed E-state index contributed by atoms with van der Waals surface area (Å²) in [4.78, 5) is 0. The monoisotopic (exact) mass is 296 g/mol. The van der Waals surface area contributed by atoms with Crippen LogP contribution in [0.15, 0.2) is 36.7 Å². The van der Waals surface area contributed by atoms with Gasteiger partial charge in [-0.25, -0.2) is 0 Å². The molecule has 2 atom stereocenters. The van der Waals surface area contributed by atoms with E-state index in [0.29, 0.717) is 11.5 Å². The number of nitrogens with one attached hydrogen (secondary N) is 1. The van der Waals surface area contributed by atoms with E-state index in [-0.39, 0.29) is 6.10 Å². The van der Waals surface area contributed by atoms with Gasteiger partial charge in [-0.3, -0.25) is 4.68 Å². The third-order valence-corrected chi connectivity index (χ3v) is 4.09. The van der Waals surface area contributed by atoms with Crippen molar-refractivity contribution in [1.29, 1.82) is 5.26 Å². The third-order valence-electron chi connectivity index (χ3n) is 4.09. The summed E-state index contributed by atoms with van der Waals surface area (Å²) in [7, 11) is 1.93. The normalized spacial score (nSPS) is 20.9. The summed E-state index contributed by atoms with van der Waals surface area (Å²) in [6, 6.07) is 9.84. The molecule has 0 aliphatic carbocycles. The summed E-state index contributed by atoms with van der Waals surface area (Å²) in [5.74, 6) is 0.475. The first-order valence-electron chi connectivity index (χ1n) is 7.56. The highest BCUT2D eigenvalue weighted by Gasteiger charge is 2.30. The molecule has 5 heteroatoms. The molecule has 1 aliphatic rings. The fraction of sp³-hybridized carbons (Fsp3) is 0.412. The van der Waals surface area contributed by atoms with Crippen LogP contribution in [0.3, 0.4) is 0 Å². The van der Waals surface area contributed by atoms with Gasteiger partial charge in [-0.05, 0) is 24.1 Å². The van der Waals surface area contributed by atoms with Crippen molar-refractivity contribution in [2.24, 2.45) is 13.0 Å². The van der Waals surface area contributed by atoms with Gasteiger partial charge in [0.1, 0.15) is 0 Å². The number of rotatable bonds is 5. The average molecular weight is 296 g/mol. The van der Waals surface area contributed by atoms with Crippen LogP contribution in [-0.2, 0) is 18.3 Å². The highest BCUT2D eigenvalue weighted by molar-refractivity contribution is 5.31. The van der Waals surface area contributed by atoms with Crippen molar-refractivity contribution in [2.45, 2.75) is 19.1 Å². The molecule has 114 valence electrons. The van der Waals surface area contributed by atoms with Gasteiger partial charge in [-0.1, -0.05) is 12.1 Å². The van der Waals surface area contributed by atoms with Gasteiger partial charge in [0, 0.05) is 44.4 Å². The van der Waals surface area contributed by atoms with Gasteiger partial charge in [0.15, 0.2) is 0 Å². The molecule has 0 amide bonds. The Kier molecular flexibility index (Phi) is 4.52. The van der Waals surface area contributed by atoms with Crippen molar-refractivity contribution in [3.8, 4) is 6.07 Å². The molecule has 2 heterocycles.